The lowest BCUT2D eigenvalue weighted by atomic mass is 9.82. The van der Waals surface area contributed by atoms with Crippen molar-refractivity contribution in [3.05, 3.63) is 23.8 Å². The number of carbonyl (C=O) groups excluding carboxylic acids is 1. The summed E-state index contributed by atoms with van der Waals surface area (Å²) in [7, 11) is 3.17. The van der Waals surface area contributed by atoms with Crippen LogP contribution >= 0.6 is 0 Å². The summed E-state index contributed by atoms with van der Waals surface area (Å²) >= 11 is 0. The van der Waals surface area contributed by atoms with E-state index in [2.05, 4.69) is 0 Å². The van der Waals surface area contributed by atoms with E-state index in [0.29, 0.717) is 17.1 Å². The molecule has 1 aliphatic rings. The van der Waals surface area contributed by atoms with Gasteiger partial charge in [-0.1, -0.05) is 0 Å². The standard InChI is InChI=1S/C15H21NO3/c1-18-13-7-11(8-14(9-13)19-2)15(17)10-3-5-12(16)6-4-10/h7-10,12H,3-6,16H2,1-2H3. The highest BCUT2D eigenvalue weighted by Crippen LogP contribution is 2.29. The SMILES string of the molecule is COc1cc(OC)cc(C(=O)C2CCC(N)CC2)c1. The Morgan fingerprint density at radius 3 is 2.05 bits per heavy atom. The summed E-state index contributed by atoms with van der Waals surface area (Å²) in [6.07, 6.45) is 3.61. The maximum atomic E-state index is 12.5. The van der Waals surface area contributed by atoms with Gasteiger partial charge in [-0.05, 0) is 37.8 Å². The number of ketones is 1. The lowest BCUT2D eigenvalue weighted by Crippen LogP contribution is -2.29. The number of benzene rings is 1. The van der Waals surface area contributed by atoms with Crippen LogP contribution in [0.1, 0.15) is 36.0 Å². The van der Waals surface area contributed by atoms with Gasteiger partial charge in [0.1, 0.15) is 11.5 Å². The first-order valence-corrected chi connectivity index (χ1v) is 6.67. The zero-order valence-electron chi connectivity index (χ0n) is 11.5. The Hall–Kier alpha value is -1.55. The topological polar surface area (TPSA) is 61.5 Å². The molecule has 4 heteroatoms. The fraction of sp³-hybridized carbons (Fsp3) is 0.533. The van der Waals surface area contributed by atoms with Gasteiger partial charge in [0.25, 0.3) is 0 Å². The van der Waals surface area contributed by atoms with Gasteiger partial charge in [0.05, 0.1) is 14.2 Å². The summed E-state index contributed by atoms with van der Waals surface area (Å²) in [5, 5.41) is 0. The molecule has 1 aromatic carbocycles. The van der Waals surface area contributed by atoms with E-state index in [0.717, 1.165) is 25.7 Å². The molecule has 1 aliphatic carbocycles. The molecule has 2 rings (SSSR count). The number of ether oxygens (including phenoxy) is 2. The molecule has 0 bridgehead atoms. The van der Waals surface area contributed by atoms with Crippen molar-refractivity contribution in [1.29, 1.82) is 0 Å². The van der Waals surface area contributed by atoms with E-state index in [1.807, 2.05) is 0 Å². The summed E-state index contributed by atoms with van der Waals surface area (Å²) in [4.78, 5) is 12.5. The van der Waals surface area contributed by atoms with E-state index in [-0.39, 0.29) is 17.7 Å². The number of Topliss-reactive ketones (excluding diaryl/α,β-unsaturated/α-hetero) is 1. The van der Waals surface area contributed by atoms with Crippen LogP contribution in [-0.4, -0.2) is 26.0 Å². The molecular weight excluding hydrogens is 242 g/mol. The Morgan fingerprint density at radius 1 is 1.05 bits per heavy atom. The van der Waals surface area contributed by atoms with E-state index in [1.54, 1.807) is 32.4 Å². The van der Waals surface area contributed by atoms with Crippen LogP contribution in [0.5, 0.6) is 11.5 Å². The molecule has 0 aliphatic heterocycles. The predicted molar refractivity (Wildman–Crippen MR) is 73.8 cm³/mol. The summed E-state index contributed by atoms with van der Waals surface area (Å²) in [6, 6.07) is 5.58. The molecule has 1 fully saturated rings. The average Bonchev–Trinajstić information content (AvgIpc) is 2.46. The van der Waals surface area contributed by atoms with Crippen LogP contribution in [0.15, 0.2) is 18.2 Å². The van der Waals surface area contributed by atoms with Gasteiger partial charge >= 0.3 is 0 Å². The molecule has 0 aromatic heterocycles. The molecule has 0 amide bonds. The highest BCUT2D eigenvalue weighted by atomic mass is 16.5. The van der Waals surface area contributed by atoms with Crippen LogP contribution in [0.2, 0.25) is 0 Å². The minimum absolute atomic E-state index is 0.0802. The zero-order chi connectivity index (χ0) is 13.8. The van der Waals surface area contributed by atoms with Gasteiger partial charge in [0.2, 0.25) is 0 Å². The first kappa shape index (κ1) is 13.9. The fourth-order valence-electron chi connectivity index (χ4n) is 2.57. The van der Waals surface area contributed by atoms with Crippen molar-refractivity contribution in [3.63, 3.8) is 0 Å². The van der Waals surface area contributed by atoms with E-state index in [9.17, 15) is 4.79 Å². The smallest absolute Gasteiger partial charge is 0.166 e. The predicted octanol–water partition coefficient (Wildman–Crippen LogP) is 2.40. The molecule has 0 radical (unpaired) electrons. The lowest BCUT2D eigenvalue weighted by molar-refractivity contribution is 0.0884. The maximum absolute atomic E-state index is 12.5. The number of hydrogen-bond acceptors (Lipinski definition) is 4. The maximum Gasteiger partial charge on any atom is 0.166 e. The summed E-state index contributed by atoms with van der Waals surface area (Å²) < 4.78 is 10.4. The van der Waals surface area contributed by atoms with Crippen molar-refractivity contribution in [2.75, 3.05) is 14.2 Å². The molecule has 0 unspecified atom stereocenters. The quantitative estimate of drug-likeness (QED) is 0.847. The van der Waals surface area contributed by atoms with Gasteiger partial charge in [0, 0.05) is 23.6 Å². The number of methoxy groups -OCH3 is 2. The summed E-state index contributed by atoms with van der Waals surface area (Å²) in [5.41, 5.74) is 6.54. The molecule has 1 saturated carbocycles. The van der Waals surface area contributed by atoms with Crippen LogP contribution in [0, 0.1) is 5.92 Å². The summed E-state index contributed by atoms with van der Waals surface area (Å²) in [5.74, 6) is 1.55. The van der Waals surface area contributed by atoms with E-state index in [1.165, 1.54) is 0 Å². The highest BCUT2D eigenvalue weighted by molar-refractivity contribution is 5.98. The normalized spacial score (nSPS) is 22.9. The number of rotatable bonds is 4. The first-order chi connectivity index (χ1) is 9.13. The molecule has 0 atom stereocenters. The van der Waals surface area contributed by atoms with Crippen molar-refractivity contribution in [3.8, 4) is 11.5 Å². The molecule has 0 saturated heterocycles. The van der Waals surface area contributed by atoms with Gasteiger partial charge in [0.15, 0.2) is 5.78 Å². The second kappa shape index (κ2) is 6.06. The van der Waals surface area contributed by atoms with Crippen LogP contribution in [0.3, 0.4) is 0 Å². The zero-order valence-corrected chi connectivity index (χ0v) is 11.5. The number of nitrogens with two attached hydrogens (primary N) is 1. The molecule has 0 heterocycles. The van der Waals surface area contributed by atoms with Crippen molar-refractivity contribution in [2.24, 2.45) is 11.7 Å². The highest BCUT2D eigenvalue weighted by Gasteiger charge is 2.26. The van der Waals surface area contributed by atoms with E-state index in [4.69, 9.17) is 15.2 Å². The molecule has 0 spiro atoms. The van der Waals surface area contributed by atoms with Crippen molar-refractivity contribution < 1.29 is 14.3 Å². The van der Waals surface area contributed by atoms with Crippen molar-refractivity contribution >= 4 is 5.78 Å². The molecule has 104 valence electrons. The third kappa shape index (κ3) is 3.26. The van der Waals surface area contributed by atoms with Crippen LogP contribution in [0.25, 0.3) is 0 Å². The van der Waals surface area contributed by atoms with Crippen LogP contribution in [0.4, 0.5) is 0 Å². The molecule has 1 aromatic rings. The van der Waals surface area contributed by atoms with Gasteiger partial charge < -0.3 is 15.2 Å². The third-order valence-electron chi connectivity index (χ3n) is 3.78. The Labute approximate surface area is 113 Å². The Bertz CT molecular complexity index is 428. The van der Waals surface area contributed by atoms with Crippen molar-refractivity contribution in [2.45, 2.75) is 31.7 Å². The minimum Gasteiger partial charge on any atom is -0.497 e. The molecular formula is C15H21NO3. The van der Waals surface area contributed by atoms with E-state index >= 15 is 0 Å². The Kier molecular flexibility index (Phi) is 4.43. The monoisotopic (exact) mass is 263 g/mol. The average molecular weight is 263 g/mol. The molecule has 19 heavy (non-hydrogen) atoms. The second-order valence-corrected chi connectivity index (χ2v) is 5.08. The van der Waals surface area contributed by atoms with Gasteiger partial charge in [-0.15, -0.1) is 0 Å². The lowest BCUT2D eigenvalue weighted by Gasteiger charge is -2.25. The van der Waals surface area contributed by atoms with Gasteiger partial charge in [-0.25, -0.2) is 0 Å². The minimum atomic E-state index is 0.0802. The largest absolute Gasteiger partial charge is 0.497 e. The third-order valence-corrected chi connectivity index (χ3v) is 3.78. The fourth-order valence-corrected chi connectivity index (χ4v) is 2.57. The molecule has 2 N–H and O–H groups in total. The Morgan fingerprint density at radius 2 is 1.58 bits per heavy atom. The number of carbonyl (C=O) groups is 1. The van der Waals surface area contributed by atoms with Crippen molar-refractivity contribution in [1.82, 2.24) is 0 Å². The molecule has 4 nitrogen and oxygen atoms in total. The van der Waals surface area contributed by atoms with Crippen LogP contribution < -0.4 is 15.2 Å². The van der Waals surface area contributed by atoms with Crippen LogP contribution in [-0.2, 0) is 0 Å². The number of hydrogen-bond donors (Lipinski definition) is 1. The summed E-state index contributed by atoms with van der Waals surface area (Å²) in [6.45, 7) is 0. The van der Waals surface area contributed by atoms with Gasteiger partial charge in [-0.3, -0.25) is 4.79 Å². The first-order valence-electron chi connectivity index (χ1n) is 6.67. The Balaban J connectivity index is 2.18. The van der Waals surface area contributed by atoms with Gasteiger partial charge in [-0.2, -0.15) is 0 Å². The second-order valence-electron chi connectivity index (χ2n) is 5.08. The van der Waals surface area contributed by atoms with E-state index < -0.39 is 0 Å².